The predicted octanol–water partition coefficient (Wildman–Crippen LogP) is 2.50. The Morgan fingerprint density at radius 1 is 2.00 bits per heavy atom. The van der Waals surface area contributed by atoms with Crippen molar-refractivity contribution in [1.29, 1.82) is 0 Å². The third-order valence-electron chi connectivity index (χ3n) is 0.689. The lowest BCUT2D eigenvalue weighted by molar-refractivity contribution is 0.993. The fourth-order valence-corrected chi connectivity index (χ4v) is 0.433. The molecule has 0 N–H and O–H groups in total. The molecule has 1 unspecified atom stereocenters. The molecule has 0 aromatic heterocycles. The maximum atomic E-state index is 3.44. The molecule has 0 heterocycles. The van der Waals surface area contributed by atoms with Crippen molar-refractivity contribution >= 4 is 15.9 Å². The van der Waals surface area contributed by atoms with Crippen molar-refractivity contribution < 1.29 is 0 Å². The van der Waals surface area contributed by atoms with Crippen LogP contribution in [-0.4, -0.2) is 4.83 Å². The van der Waals surface area contributed by atoms with Crippen LogP contribution in [-0.2, 0) is 0 Å². The molecule has 0 radical (unpaired) electrons. The predicted molar refractivity (Wildman–Crippen MR) is 36.7 cm³/mol. The number of hydrogen-bond donors (Lipinski definition) is 0. The molecule has 0 saturated carbocycles. The highest BCUT2D eigenvalue weighted by Crippen LogP contribution is 2.03. The van der Waals surface area contributed by atoms with E-state index in [0.717, 1.165) is 6.42 Å². The van der Waals surface area contributed by atoms with Crippen LogP contribution in [0.15, 0.2) is 18.4 Å². The second-order valence-electron chi connectivity index (χ2n) is 1.30. The van der Waals surface area contributed by atoms with Gasteiger partial charge in [-0.3, -0.25) is 0 Å². The molecule has 1 heteroatoms. The van der Waals surface area contributed by atoms with Crippen molar-refractivity contribution in [2.45, 2.75) is 18.2 Å². The normalized spacial score (nSPS) is 12.3. The summed E-state index contributed by atoms with van der Waals surface area (Å²) in [5, 5.41) is 0. The van der Waals surface area contributed by atoms with Gasteiger partial charge in [0, 0.05) is 4.83 Å². The number of alkyl halides is 1. The van der Waals surface area contributed by atoms with Crippen molar-refractivity contribution in [3.8, 4) is 0 Å². The van der Waals surface area contributed by atoms with Crippen LogP contribution in [0, 0.1) is 0 Å². The average molecular weight is 161 g/mol. The summed E-state index contributed by atoms with van der Waals surface area (Å²) < 4.78 is 0. The SMILES string of the molecule is C=C=CC(Br)CC. The Morgan fingerprint density at radius 2 is 2.57 bits per heavy atom. The first-order valence-electron chi connectivity index (χ1n) is 2.31. The molecular weight excluding hydrogens is 152 g/mol. The van der Waals surface area contributed by atoms with Crippen LogP contribution in [0.3, 0.4) is 0 Å². The van der Waals surface area contributed by atoms with Gasteiger partial charge in [0.1, 0.15) is 0 Å². The van der Waals surface area contributed by atoms with E-state index in [9.17, 15) is 0 Å². The second kappa shape index (κ2) is 4.17. The summed E-state index contributed by atoms with van der Waals surface area (Å²) in [7, 11) is 0. The minimum absolute atomic E-state index is 0.463. The van der Waals surface area contributed by atoms with Gasteiger partial charge in [-0.25, -0.2) is 0 Å². The van der Waals surface area contributed by atoms with Gasteiger partial charge >= 0.3 is 0 Å². The number of halogens is 1. The van der Waals surface area contributed by atoms with E-state index in [2.05, 4.69) is 35.2 Å². The van der Waals surface area contributed by atoms with Crippen LogP contribution in [0.1, 0.15) is 13.3 Å². The Bertz CT molecular complexity index is 80.2. The Labute approximate surface area is 53.1 Å². The van der Waals surface area contributed by atoms with Crippen molar-refractivity contribution in [2.75, 3.05) is 0 Å². The van der Waals surface area contributed by atoms with Gasteiger partial charge in [-0.2, -0.15) is 0 Å². The molecule has 0 saturated heterocycles. The maximum absolute atomic E-state index is 3.44. The van der Waals surface area contributed by atoms with E-state index in [1.54, 1.807) is 0 Å². The van der Waals surface area contributed by atoms with E-state index in [1.807, 2.05) is 6.08 Å². The third-order valence-corrected chi connectivity index (χ3v) is 1.60. The Balaban J connectivity index is 3.35. The summed E-state index contributed by atoms with van der Waals surface area (Å²) in [6, 6.07) is 0. The van der Waals surface area contributed by atoms with Crippen LogP contribution < -0.4 is 0 Å². The van der Waals surface area contributed by atoms with Gasteiger partial charge in [-0.1, -0.05) is 29.4 Å². The number of hydrogen-bond acceptors (Lipinski definition) is 0. The first-order valence-corrected chi connectivity index (χ1v) is 3.22. The zero-order valence-electron chi connectivity index (χ0n) is 4.45. The monoisotopic (exact) mass is 160 g/mol. The van der Waals surface area contributed by atoms with E-state index in [-0.39, 0.29) is 0 Å². The van der Waals surface area contributed by atoms with Crippen LogP contribution in [0.2, 0.25) is 0 Å². The molecule has 40 valence electrons. The summed E-state index contributed by atoms with van der Waals surface area (Å²) in [6.07, 6.45) is 3.00. The average Bonchev–Trinajstić information content (AvgIpc) is 1.68. The summed E-state index contributed by atoms with van der Waals surface area (Å²) in [6.45, 7) is 5.54. The largest absolute Gasteiger partial charge is 0.132 e. The minimum atomic E-state index is 0.463. The van der Waals surface area contributed by atoms with Gasteiger partial charge in [0.05, 0.1) is 0 Å². The molecule has 0 aromatic carbocycles. The Kier molecular flexibility index (Phi) is 4.17. The lowest BCUT2D eigenvalue weighted by Gasteiger charge is -1.91. The topological polar surface area (TPSA) is 0 Å². The summed E-state index contributed by atoms with van der Waals surface area (Å²) in [4.78, 5) is 0.463. The minimum Gasteiger partial charge on any atom is -0.132 e. The van der Waals surface area contributed by atoms with Crippen LogP contribution in [0.25, 0.3) is 0 Å². The van der Waals surface area contributed by atoms with Crippen molar-refractivity contribution in [3.05, 3.63) is 18.4 Å². The second-order valence-corrected chi connectivity index (χ2v) is 2.47. The lowest BCUT2D eigenvalue weighted by atomic mass is 10.3. The smallest absolute Gasteiger partial charge is 0.0397 e. The van der Waals surface area contributed by atoms with Gasteiger partial charge < -0.3 is 0 Å². The molecule has 0 spiro atoms. The molecule has 7 heavy (non-hydrogen) atoms. The molecule has 0 aliphatic rings. The molecule has 0 aliphatic heterocycles. The van der Waals surface area contributed by atoms with Gasteiger partial charge in [0.2, 0.25) is 0 Å². The van der Waals surface area contributed by atoms with Crippen molar-refractivity contribution in [3.63, 3.8) is 0 Å². The first kappa shape index (κ1) is 7.00. The molecular formula is C6H9Br. The standard InChI is InChI=1S/C6H9Br/c1-3-5-6(7)4-2/h5-6H,1,4H2,2H3. The summed E-state index contributed by atoms with van der Waals surface area (Å²) in [5.41, 5.74) is 2.70. The van der Waals surface area contributed by atoms with Crippen molar-refractivity contribution in [2.24, 2.45) is 0 Å². The Hall–Kier alpha value is 0. The summed E-state index contributed by atoms with van der Waals surface area (Å²) in [5.74, 6) is 0. The van der Waals surface area contributed by atoms with Crippen LogP contribution in [0.5, 0.6) is 0 Å². The fraction of sp³-hybridized carbons (Fsp3) is 0.500. The molecule has 1 atom stereocenters. The highest BCUT2D eigenvalue weighted by Gasteiger charge is 1.88. The van der Waals surface area contributed by atoms with E-state index < -0.39 is 0 Å². The van der Waals surface area contributed by atoms with Gasteiger partial charge in [0.15, 0.2) is 0 Å². The van der Waals surface area contributed by atoms with Crippen LogP contribution >= 0.6 is 15.9 Å². The molecule has 0 aliphatic carbocycles. The lowest BCUT2D eigenvalue weighted by Crippen LogP contribution is -1.84. The maximum Gasteiger partial charge on any atom is 0.0397 e. The van der Waals surface area contributed by atoms with Gasteiger partial charge in [-0.15, -0.1) is 5.73 Å². The summed E-state index contributed by atoms with van der Waals surface area (Å²) >= 11 is 3.38. The first-order chi connectivity index (χ1) is 3.31. The van der Waals surface area contributed by atoms with E-state index in [4.69, 9.17) is 0 Å². The molecule has 0 amide bonds. The quantitative estimate of drug-likeness (QED) is 0.431. The zero-order valence-corrected chi connectivity index (χ0v) is 6.03. The molecule has 0 aromatic rings. The highest BCUT2D eigenvalue weighted by atomic mass is 79.9. The number of rotatable bonds is 2. The van der Waals surface area contributed by atoms with Gasteiger partial charge in [0.25, 0.3) is 0 Å². The number of allylic oxidation sites excluding steroid dienone is 1. The van der Waals surface area contributed by atoms with Gasteiger partial charge in [-0.05, 0) is 12.5 Å². The third kappa shape index (κ3) is 3.84. The fourth-order valence-electron chi connectivity index (χ4n) is 0.246. The molecule has 0 nitrogen and oxygen atoms in total. The van der Waals surface area contributed by atoms with Crippen molar-refractivity contribution in [1.82, 2.24) is 0 Å². The molecule has 0 bridgehead atoms. The highest BCUT2D eigenvalue weighted by molar-refractivity contribution is 9.09. The molecule has 0 rings (SSSR count). The van der Waals surface area contributed by atoms with Crippen LogP contribution in [0.4, 0.5) is 0 Å². The zero-order chi connectivity index (χ0) is 5.70. The molecule has 0 fully saturated rings. The van der Waals surface area contributed by atoms with E-state index >= 15 is 0 Å². The van der Waals surface area contributed by atoms with E-state index in [0.29, 0.717) is 4.83 Å². The van der Waals surface area contributed by atoms with E-state index in [1.165, 1.54) is 0 Å². The Morgan fingerprint density at radius 3 is 2.71 bits per heavy atom.